The molecule has 1 aromatic carbocycles. The predicted octanol–water partition coefficient (Wildman–Crippen LogP) is 3.58. The molecule has 1 aromatic heterocycles. The van der Waals surface area contributed by atoms with E-state index < -0.39 is 0 Å². The first-order valence-corrected chi connectivity index (χ1v) is 7.18. The quantitative estimate of drug-likeness (QED) is 0.908. The third-order valence-corrected chi connectivity index (χ3v) is 3.76. The van der Waals surface area contributed by atoms with Gasteiger partial charge in [-0.25, -0.2) is 0 Å². The fourth-order valence-electron chi connectivity index (χ4n) is 2.85. The highest BCUT2D eigenvalue weighted by Crippen LogP contribution is 2.29. The van der Waals surface area contributed by atoms with E-state index in [0.29, 0.717) is 0 Å². The van der Waals surface area contributed by atoms with Crippen molar-refractivity contribution in [3.8, 4) is 0 Å². The van der Waals surface area contributed by atoms with Crippen molar-refractivity contribution in [2.75, 3.05) is 29.9 Å². The number of nitrogens with zero attached hydrogens (tertiary/aromatic N) is 2. The summed E-state index contributed by atoms with van der Waals surface area (Å²) >= 11 is 0. The van der Waals surface area contributed by atoms with Gasteiger partial charge in [-0.3, -0.25) is 4.98 Å². The van der Waals surface area contributed by atoms with Gasteiger partial charge in [0.05, 0.1) is 5.52 Å². The van der Waals surface area contributed by atoms with Gasteiger partial charge in [-0.15, -0.1) is 0 Å². The molecular weight excluding hydrogens is 234 g/mol. The Bertz CT molecular complexity index is 586. The minimum absolute atomic E-state index is 0.937. The van der Waals surface area contributed by atoms with E-state index in [-0.39, 0.29) is 0 Å². The Kier molecular flexibility index (Phi) is 3.28. The molecule has 2 heterocycles. The number of aryl methyl sites for hydroxylation is 1. The van der Waals surface area contributed by atoms with Gasteiger partial charge in [0.2, 0.25) is 0 Å². The molecule has 0 spiro atoms. The average molecular weight is 255 g/mol. The Morgan fingerprint density at radius 1 is 1.21 bits per heavy atom. The normalized spacial score (nSPS) is 15.2. The van der Waals surface area contributed by atoms with Crippen LogP contribution in [0, 0.1) is 6.92 Å². The van der Waals surface area contributed by atoms with E-state index >= 15 is 0 Å². The monoisotopic (exact) mass is 255 g/mol. The van der Waals surface area contributed by atoms with Crippen LogP contribution in [0.4, 0.5) is 11.4 Å². The Hall–Kier alpha value is -1.77. The van der Waals surface area contributed by atoms with Crippen molar-refractivity contribution in [1.82, 2.24) is 4.98 Å². The number of pyridine rings is 1. The summed E-state index contributed by atoms with van der Waals surface area (Å²) in [5.74, 6) is 0. The zero-order chi connectivity index (χ0) is 13.2. The van der Waals surface area contributed by atoms with Crippen LogP contribution in [-0.2, 0) is 0 Å². The number of rotatable bonds is 3. The number of hydrogen-bond donors (Lipinski definition) is 1. The van der Waals surface area contributed by atoms with E-state index in [0.717, 1.165) is 17.8 Å². The second-order valence-electron chi connectivity index (χ2n) is 5.24. The molecule has 0 radical (unpaired) electrons. The lowest BCUT2D eigenvalue weighted by atomic mass is 10.1. The smallest absolute Gasteiger partial charge is 0.0727 e. The number of anilines is 2. The number of nitrogens with one attached hydrogen (secondary N) is 1. The topological polar surface area (TPSA) is 28.2 Å². The zero-order valence-electron chi connectivity index (χ0n) is 11.7. The average Bonchev–Trinajstić information content (AvgIpc) is 2.92. The molecule has 1 aliphatic rings. The zero-order valence-corrected chi connectivity index (χ0v) is 11.7. The highest BCUT2D eigenvalue weighted by Gasteiger charge is 2.13. The Morgan fingerprint density at radius 3 is 2.74 bits per heavy atom. The molecule has 0 amide bonds. The second kappa shape index (κ2) is 5.08. The van der Waals surface area contributed by atoms with Crippen molar-refractivity contribution in [1.29, 1.82) is 0 Å². The van der Waals surface area contributed by atoms with Crippen molar-refractivity contribution in [2.24, 2.45) is 0 Å². The molecule has 0 bridgehead atoms. The fraction of sp³-hybridized carbons (Fsp3) is 0.438. The molecule has 1 aliphatic heterocycles. The molecule has 19 heavy (non-hydrogen) atoms. The van der Waals surface area contributed by atoms with Gasteiger partial charge in [-0.1, -0.05) is 0 Å². The van der Waals surface area contributed by atoms with Crippen molar-refractivity contribution >= 4 is 22.3 Å². The molecule has 0 atom stereocenters. The summed E-state index contributed by atoms with van der Waals surface area (Å²) in [7, 11) is 0. The molecule has 0 saturated carbocycles. The third-order valence-electron chi connectivity index (χ3n) is 3.76. The van der Waals surface area contributed by atoms with Crippen LogP contribution in [0.15, 0.2) is 24.3 Å². The molecule has 3 rings (SSSR count). The van der Waals surface area contributed by atoms with Gasteiger partial charge in [0.1, 0.15) is 0 Å². The van der Waals surface area contributed by atoms with E-state index in [1.54, 1.807) is 0 Å². The van der Waals surface area contributed by atoms with Gasteiger partial charge in [0.25, 0.3) is 0 Å². The second-order valence-corrected chi connectivity index (χ2v) is 5.24. The maximum atomic E-state index is 4.63. The summed E-state index contributed by atoms with van der Waals surface area (Å²) in [6.45, 7) is 7.48. The van der Waals surface area contributed by atoms with Crippen LogP contribution in [0.5, 0.6) is 0 Å². The Balaban J connectivity index is 2.09. The molecular formula is C16H21N3. The largest absolute Gasteiger partial charge is 0.385 e. The van der Waals surface area contributed by atoms with Crippen LogP contribution in [0.3, 0.4) is 0 Å². The molecule has 1 saturated heterocycles. The van der Waals surface area contributed by atoms with Gasteiger partial charge in [-0.05, 0) is 51.0 Å². The van der Waals surface area contributed by atoms with E-state index in [1.165, 1.54) is 42.7 Å². The first-order valence-electron chi connectivity index (χ1n) is 7.18. The number of fused-ring (bicyclic) bond motifs is 1. The molecule has 3 nitrogen and oxygen atoms in total. The summed E-state index contributed by atoms with van der Waals surface area (Å²) in [6, 6.07) is 8.78. The van der Waals surface area contributed by atoms with Crippen LogP contribution in [0.2, 0.25) is 0 Å². The van der Waals surface area contributed by atoms with Gasteiger partial charge < -0.3 is 10.2 Å². The SMILES string of the molecule is CCNc1cc(C)nc2ccc(N3CCCC3)cc12. The summed E-state index contributed by atoms with van der Waals surface area (Å²) in [5, 5.41) is 4.68. The van der Waals surface area contributed by atoms with Crippen molar-refractivity contribution < 1.29 is 0 Å². The van der Waals surface area contributed by atoms with Crippen LogP contribution in [0.25, 0.3) is 10.9 Å². The number of aromatic nitrogens is 1. The van der Waals surface area contributed by atoms with E-state index in [4.69, 9.17) is 0 Å². The Labute approximate surface area is 114 Å². The van der Waals surface area contributed by atoms with Crippen molar-refractivity contribution in [3.05, 3.63) is 30.0 Å². The van der Waals surface area contributed by atoms with Crippen LogP contribution < -0.4 is 10.2 Å². The van der Waals surface area contributed by atoms with Gasteiger partial charge in [0, 0.05) is 42.1 Å². The molecule has 1 N–H and O–H groups in total. The fourth-order valence-corrected chi connectivity index (χ4v) is 2.85. The maximum Gasteiger partial charge on any atom is 0.0727 e. The predicted molar refractivity (Wildman–Crippen MR) is 82.1 cm³/mol. The lowest BCUT2D eigenvalue weighted by Crippen LogP contribution is -2.17. The Morgan fingerprint density at radius 2 is 2.00 bits per heavy atom. The lowest BCUT2D eigenvalue weighted by Gasteiger charge is -2.19. The highest BCUT2D eigenvalue weighted by molar-refractivity contribution is 5.94. The molecule has 1 fully saturated rings. The summed E-state index contributed by atoms with van der Waals surface area (Å²) in [6.07, 6.45) is 2.62. The van der Waals surface area contributed by atoms with Crippen molar-refractivity contribution in [3.63, 3.8) is 0 Å². The molecule has 0 aliphatic carbocycles. The number of hydrogen-bond acceptors (Lipinski definition) is 3. The van der Waals surface area contributed by atoms with Crippen LogP contribution in [0.1, 0.15) is 25.5 Å². The summed E-state index contributed by atoms with van der Waals surface area (Å²) < 4.78 is 0. The molecule has 3 heteroatoms. The van der Waals surface area contributed by atoms with Crippen LogP contribution in [-0.4, -0.2) is 24.6 Å². The first-order chi connectivity index (χ1) is 9.28. The summed E-state index contributed by atoms with van der Waals surface area (Å²) in [4.78, 5) is 7.10. The third kappa shape index (κ3) is 2.37. The lowest BCUT2D eigenvalue weighted by molar-refractivity contribution is 0.949. The summed E-state index contributed by atoms with van der Waals surface area (Å²) in [5.41, 5.74) is 4.68. The van der Waals surface area contributed by atoms with E-state index in [9.17, 15) is 0 Å². The van der Waals surface area contributed by atoms with Gasteiger partial charge >= 0.3 is 0 Å². The van der Waals surface area contributed by atoms with Crippen LogP contribution >= 0.6 is 0 Å². The van der Waals surface area contributed by atoms with E-state index in [1.807, 2.05) is 0 Å². The van der Waals surface area contributed by atoms with Crippen molar-refractivity contribution in [2.45, 2.75) is 26.7 Å². The number of benzene rings is 1. The standard InChI is InChI=1S/C16H21N3/c1-3-17-16-10-12(2)18-15-7-6-13(11-14(15)16)19-8-4-5-9-19/h6-7,10-11H,3-5,8-9H2,1-2H3,(H,17,18). The van der Waals surface area contributed by atoms with Gasteiger partial charge in [-0.2, -0.15) is 0 Å². The molecule has 0 unspecified atom stereocenters. The maximum absolute atomic E-state index is 4.63. The molecule has 2 aromatic rings. The highest BCUT2D eigenvalue weighted by atomic mass is 15.1. The first kappa shape index (κ1) is 12.3. The van der Waals surface area contributed by atoms with Gasteiger partial charge in [0.15, 0.2) is 0 Å². The minimum atomic E-state index is 0.937. The van der Waals surface area contributed by atoms with E-state index in [2.05, 4.69) is 53.3 Å². The molecule has 100 valence electrons. The minimum Gasteiger partial charge on any atom is -0.385 e.